The lowest BCUT2D eigenvalue weighted by molar-refractivity contribution is -0.116. The van der Waals surface area contributed by atoms with Crippen molar-refractivity contribution in [3.05, 3.63) is 71.4 Å². The number of rotatable bonds is 7. The molecule has 172 valence electrons. The fourth-order valence-corrected chi connectivity index (χ4v) is 4.04. The first-order chi connectivity index (χ1) is 15.1. The average molecular weight is 433 g/mol. The van der Waals surface area contributed by atoms with Crippen molar-refractivity contribution in [3.63, 3.8) is 0 Å². The lowest BCUT2D eigenvalue weighted by atomic mass is 9.79. The van der Waals surface area contributed by atoms with Crippen molar-refractivity contribution < 1.29 is 20.1 Å². The lowest BCUT2D eigenvalue weighted by Crippen LogP contribution is -2.19. The zero-order valence-electron chi connectivity index (χ0n) is 19.5. The Kier molecular flexibility index (Phi) is 12.4. The quantitative estimate of drug-likeness (QED) is 0.432. The number of Topliss-reactive ketones (excluding diaryl/α,β-unsaturated/α-hetero) is 1. The summed E-state index contributed by atoms with van der Waals surface area (Å²) in [5, 5.41) is 0. The van der Waals surface area contributed by atoms with E-state index in [0.717, 1.165) is 48.1 Å². The molecule has 2 atom stereocenters. The molecule has 2 aliphatic carbocycles. The third-order valence-corrected chi connectivity index (χ3v) is 5.69. The van der Waals surface area contributed by atoms with E-state index in [4.69, 9.17) is 13.9 Å². The summed E-state index contributed by atoms with van der Waals surface area (Å²) < 4.78 is 21.3. The van der Waals surface area contributed by atoms with E-state index in [1.807, 2.05) is 26.0 Å². The Labute approximate surface area is 187 Å². The second-order valence-corrected chi connectivity index (χ2v) is 7.53. The van der Waals surface area contributed by atoms with Gasteiger partial charge in [0, 0.05) is 28.5 Å². The van der Waals surface area contributed by atoms with Crippen LogP contribution in [0.5, 0.6) is 5.75 Å². The van der Waals surface area contributed by atoms with Crippen molar-refractivity contribution in [2.24, 2.45) is 11.8 Å². The molecule has 0 saturated carbocycles. The van der Waals surface area contributed by atoms with E-state index < -0.39 is 0 Å². The van der Waals surface area contributed by atoms with E-state index in [0.29, 0.717) is 18.1 Å². The lowest BCUT2D eigenvalue weighted by Gasteiger charge is -2.24. The van der Waals surface area contributed by atoms with Crippen LogP contribution in [0.15, 0.2) is 65.8 Å². The summed E-state index contributed by atoms with van der Waals surface area (Å²) in [5.74, 6) is 1.74. The van der Waals surface area contributed by atoms with Crippen LogP contribution in [0.3, 0.4) is 0 Å². The van der Waals surface area contributed by atoms with Gasteiger partial charge in [-0.25, -0.2) is 0 Å². The molecule has 2 unspecified atom stereocenters. The number of unbranched alkanes of at least 4 members (excludes halogenated alkanes) is 1. The summed E-state index contributed by atoms with van der Waals surface area (Å²) >= 11 is 0. The normalized spacial score (nSPS) is 19.5. The summed E-state index contributed by atoms with van der Waals surface area (Å²) in [6, 6.07) is 8.12. The molecule has 0 radical (unpaired) electrons. The number of benzene rings is 1. The number of halogens is 2. The molecule has 31 heavy (non-hydrogen) atoms. The number of hydrogen-bond acceptors (Lipinski definition) is 2. The second-order valence-electron chi connectivity index (χ2n) is 7.53. The monoisotopic (exact) mass is 432 g/mol. The topological polar surface area (TPSA) is 26.3 Å². The Balaban J connectivity index is 0.00000182. The van der Waals surface area contributed by atoms with E-state index in [9.17, 15) is 4.79 Å². The molecule has 1 aromatic carbocycles. The molecule has 0 bridgehead atoms. The van der Waals surface area contributed by atoms with Crippen LogP contribution in [0.25, 0.3) is 5.57 Å². The van der Waals surface area contributed by atoms with Gasteiger partial charge in [0.25, 0.3) is 0 Å². The van der Waals surface area contributed by atoms with Crippen LogP contribution >= 0.6 is 0 Å². The highest BCUT2D eigenvalue weighted by Crippen LogP contribution is 2.41. The largest absolute Gasteiger partial charge is 0.497 e. The highest BCUT2D eigenvalue weighted by Gasteiger charge is 2.32. The Morgan fingerprint density at radius 3 is 2.48 bits per heavy atom. The molecule has 0 N–H and O–H groups in total. The molecule has 0 amide bonds. The van der Waals surface area contributed by atoms with Crippen LogP contribution in [-0.2, 0) is 4.79 Å². The van der Waals surface area contributed by atoms with E-state index in [2.05, 4.69) is 56.4 Å². The summed E-state index contributed by atoms with van der Waals surface area (Å²) in [7, 11) is 1.68. The minimum atomic E-state index is 0. The van der Waals surface area contributed by atoms with Crippen molar-refractivity contribution in [2.75, 3.05) is 7.11 Å². The second kappa shape index (κ2) is 14.5. The van der Waals surface area contributed by atoms with Crippen molar-refractivity contribution in [1.82, 2.24) is 0 Å². The third kappa shape index (κ3) is 7.30. The van der Waals surface area contributed by atoms with Crippen LogP contribution in [0.1, 0.15) is 66.8 Å². The predicted molar refractivity (Wildman–Crippen MR) is 128 cm³/mol. The molecule has 0 heterocycles. The van der Waals surface area contributed by atoms with Gasteiger partial charge >= 0.3 is 0 Å². The number of methoxy groups -OCH3 is 1. The fourth-order valence-electron chi connectivity index (χ4n) is 4.04. The first kappa shape index (κ1) is 26.5. The van der Waals surface area contributed by atoms with Crippen molar-refractivity contribution in [3.8, 4) is 5.75 Å². The fraction of sp³-hybridized carbons (Fsp3) is 0.444. The van der Waals surface area contributed by atoms with E-state index in [1.165, 1.54) is 5.57 Å². The molecule has 0 aromatic heterocycles. The molecule has 0 aliphatic heterocycles. The summed E-state index contributed by atoms with van der Waals surface area (Å²) in [6.45, 7) is 8.34. The van der Waals surface area contributed by atoms with Gasteiger partial charge in [0.05, 0.1) is 7.11 Å². The van der Waals surface area contributed by atoms with Crippen LogP contribution in [-0.4, -0.2) is 12.9 Å². The van der Waals surface area contributed by atoms with Gasteiger partial charge in [-0.3, -0.25) is 4.79 Å². The van der Waals surface area contributed by atoms with Crippen LogP contribution < -0.4 is 4.74 Å². The zero-order chi connectivity index (χ0) is 23.2. The highest BCUT2D eigenvalue weighted by molar-refractivity contribution is 6.01. The maximum absolute atomic E-state index is 13.0. The third-order valence-electron chi connectivity index (χ3n) is 5.69. The molecular formula is C27H38F2O2. The first-order valence-electron chi connectivity index (χ1n) is 11.2. The standard InChI is InChI=1S/C25H30O2.C2H6.F2.H2/c1-4-5-11-25(26)24-17-20(19-12-14-21(27-3)15-13-19)16-23(24)22-10-8-6-7-9-18(22)2;2*1-2;/h6-7,9,12-17,22-23H,4-5,8,10-11H2,1-3H3;1-2H3;;1H. The first-order valence-corrected chi connectivity index (χ1v) is 11.2. The molecule has 2 aliphatic rings. The van der Waals surface area contributed by atoms with Gasteiger partial charge in [0.15, 0.2) is 5.78 Å². The Morgan fingerprint density at radius 1 is 1.19 bits per heavy atom. The van der Waals surface area contributed by atoms with Gasteiger partial charge in [-0.1, -0.05) is 69.2 Å². The molecule has 1 aromatic rings. The minimum Gasteiger partial charge on any atom is -0.497 e. The van der Waals surface area contributed by atoms with Crippen LogP contribution in [0, 0.1) is 11.8 Å². The van der Waals surface area contributed by atoms with E-state index in [1.54, 1.807) is 7.11 Å². The Bertz CT molecular complexity index is 807. The van der Waals surface area contributed by atoms with Crippen molar-refractivity contribution >= 4 is 11.4 Å². The number of carbonyl (C=O) groups is 1. The molecular weight excluding hydrogens is 394 g/mol. The van der Waals surface area contributed by atoms with Crippen molar-refractivity contribution in [1.29, 1.82) is 0 Å². The van der Waals surface area contributed by atoms with Gasteiger partial charge in [0.2, 0.25) is 0 Å². The summed E-state index contributed by atoms with van der Waals surface area (Å²) in [4.78, 5) is 13.0. The summed E-state index contributed by atoms with van der Waals surface area (Å²) in [6.07, 6.45) is 15.9. The van der Waals surface area contributed by atoms with Crippen molar-refractivity contribution in [2.45, 2.75) is 59.8 Å². The van der Waals surface area contributed by atoms with Crippen LogP contribution in [0.4, 0.5) is 9.15 Å². The molecule has 4 heteroatoms. The smallest absolute Gasteiger partial charge is 0.159 e. The van der Waals surface area contributed by atoms with Gasteiger partial charge < -0.3 is 4.74 Å². The maximum atomic E-state index is 13.0. The van der Waals surface area contributed by atoms with Gasteiger partial charge in [-0.05, 0) is 61.4 Å². The predicted octanol–water partition coefficient (Wildman–Crippen LogP) is 8.42. The maximum Gasteiger partial charge on any atom is 0.159 e. The SMILES string of the molecule is CC.CCCCC(=O)C1=CC(c2ccc(OC)cc2)=CC1C1CCC=CC=C1C.FF.[HH]. The number of ketones is 1. The molecule has 0 spiro atoms. The molecule has 0 saturated heterocycles. The number of hydrogen-bond donors (Lipinski definition) is 0. The average Bonchev–Trinajstić information content (AvgIpc) is 3.16. The zero-order valence-corrected chi connectivity index (χ0v) is 19.5. The number of carbonyl (C=O) groups excluding carboxylic acids is 1. The van der Waals surface area contributed by atoms with Gasteiger partial charge in [0.1, 0.15) is 5.75 Å². The summed E-state index contributed by atoms with van der Waals surface area (Å²) in [5.41, 5.74) is 4.67. The highest BCUT2D eigenvalue weighted by atomic mass is 20.0. The molecule has 3 rings (SSSR count). The number of allylic oxidation sites excluding steroid dienone is 8. The molecule has 0 fully saturated rings. The van der Waals surface area contributed by atoms with E-state index >= 15 is 0 Å². The minimum absolute atomic E-state index is 0. The number of ether oxygens (including phenoxy) is 1. The Hall–Kier alpha value is -2.49. The Morgan fingerprint density at radius 2 is 1.87 bits per heavy atom. The van der Waals surface area contributed by atoms with Gasteiger partial charge in [-0.2, -0.15) is 0 Å². The van der Waals surface area contributed by atoms with Gasteiger partial charge in [-0.15, -0.1) is 0 Å². The molecule has 2 nitrogen and oxygen atoms in total. The van der Waals surface area contributed by atoms with Crippen LogP contribution in [0.2, 0.25) is 0 Å². The van der Waals surface area contributed by atoms with E-state index in [-0.39, 0.29) is 7.34 Å².